The van der Waals surface area contributed by atoms with Gasteiger partial charge in [0.05, 0.1) is 6.61 Å². The van der Waals surface area contributed by atoms with Gasteiger partial charge >= 0.3 is 0 Å². The molecule has 1 aliphatic rings. The fourth-order valence-corrected chi connectivity index (χ4v) is 2.37. The molecule has 0 aliphatic carbocycles. The third kappa shape index (κ3) is 5.84. The minimum absolute atomic E-state index is 0. The molecule has 1 heterocycles. The molecule has 2 rings (SSSR count). The molecule has 0 saturated carbocycles. The minimum atomic E-state index is 0. The molecular formula is C16H26ClNO. The Morgan fingerprint density at radius 2 is 1.95 bits per heavy atom. The van der Waals surface area contributed by atoms with Crippen molar-refractivity contribution in [3.63, 3.8) is 0 Å². The first-order valence-corrected chi connectivity index (χ1v) is 7.19. The highest BCUT2D eigenvalue weighted by Crippen LogP contribution is 2.17. The lowest BCUT2D eigenvalue weighted by Gasteiger charge is -2.23. The van der Waals surface area contributed by atoms with E-state index in [0.717, 1.165) is 18.8 Å². The van der Waals surface area contributed by atoms with Crippen molar-refractivity contribution in [3.05, 3.63) is 29.8 Å². The molecule has 0 aromatic heterocycles. The first-order chi connectivity index (χ1) is 8.74. The lowest BCUT2D eigenvalue weighted by molar-refractivity contribution is 0.271. The molecular weight excluding hydrogens is 258 g/mol. The van der Waals surface area contributed by atoms with Gasteiger partial charge in [-0.05, 0) is 49.4 Å². The summed E-state index contributed by atoms with van der Waals surface area (Å²) in [5, 5.41) is 3.59. The van der Waals surface area contributed by atoms with E-state index >= 15 is 0 Å². The topological polar surface area (TPSA) is 21.3 Å². The highest BCUT2D eigenvalue weighted by atomic mass is 35.5. The van der Waals surface area contributed by atoms with Crippen LogP contribution in [0, 0.1) is 5.92 Å². The Hall–Kier alpha value is -0.730. The zero-order valence-corrected chi connectivity index (χ0v) is 12.8. The van der Waals surface area contributed by atoms with Crippen LogP contribution in [-0.4, -0.2) is 19.2 Å². The van der Waals surface area contributed by atoms with Crippen LogP contribution in [0.1, 0.15) is 38.7 Å². The van der Waals surface area contributed by atoms with E-state index in [1.807, 2.05) is 0 Å². The van der Waals surface area contributed by atoms with Crippen molar-refractivity contribution in [2.45, 2.75) is 45.6 Å². The number of ether oxygens (including phenoxy) is 1. The Kier molecular flexibility index (Phi) is 7.25. The quantitative estimate of drug-likeness (QED) is 0.887. The molecule has 1 aromatic rings. The second-order valence-electron chi connectivity index (χ2n) is 5.70. The van der Waals surface area contributed by atoms with E-state index in [1.54, 1.807) is 0 Å². The number of piperidine rings is 1. The molecule has 0 radical (unpaired) electrons. The van der Waals surface area contributed by atoms with Crippen LogP contribution in [0.3, 0.4) is 0 Å². The van der Waals surface area contributed by atoms with Gasteiger partial charge in [0.2, 0.25) is 0 Å². The maximum atomic E-state index is 5.70. The van der Waals surface area contributed by atoms with Gasteiger partial charge in [-0.2, -0.15) is 0 Å². The monoisotopic (exact) mass is 283 g/mol. The zero-order chi connectivity index (χ0) is 12.8. The summed E-state index contributed by atoms with van der Waals surface area (Å²) in [5.41, 5.74) is 1.41. The second kappa shape index (κ2) is 8.44. The van der Waals surface area contributed by atoms with E-state index in [1.165, 1.54) is 31.4 Å². The van der Waals surface area contributed by atoms with Crippen LogP contribution < -0.4 is 10.1 Å². The van der Waals surface area contributed by atoms with Crippen LogP contribution >= 0.6 is 12.4 Å². The predicted octanol–water partition coefficient (Wildman–Crippen LogP) is 3.83. The Morgan fingerprint density at radius 3 is 2.53 bits per heavy atom. The van der Waals surface area contributed by atoms with Crippen molar-refractivity contribution in [3.8, 4) is 5.75 Å². The molecule has 0 spiro atoms. The molecule has 0 bridgehead atoms. The number of hydrogen-bond acceptors (Lipinski definition) is 2. The Balaban J connectivity index is 0.00000180. The highest BCUT2D eigenvalue weighted by molar-refractivity contribution is 5.85. The van der Waals surface area contributed by atoms with E-state index in [0.29, 0.717) is 12.0 Å². The van der Waals surface area contributed by atoms with Crippen molar-refractivity contribution in [2.75, 3.05) is 13.2 Å². The maximum absolute atomic E-state index is 5.70. The number of nitrogens with one attached hydrogen (secondary N) is 1. The van der Waals surface area contributed by atoms with Crippen molar-refractivity contribution >= 4 is 12.4 Å². The van der Waals surface area contributed by atoms with Gasteiger partial charge in [-0.1, -0.05) is 32.4 Å². The van der Waals surface area contributed by atoms with Gasteiger partial charge in [0.15, 0.2) is 0 Å². The summed E-state index contributed by atoms with van der Waals surface area (Å²) in [5.74, 6) is 1.57. The minimum Gasteiger partial charge on any atom is -0.493 e. The molecule has 1 aliphatic heterocycles. The summed E-state index contributed by atoms with van der Waals surface area (Å²) in [6.45, 7) is 6.32. The molecule has 1 unspecified atom stereocenters. The van der Waals surface area contributed by atoms with E-state index in [2.05, 4.69) is 43.4 Å². The first kappa shape index (κ1) is 16.3. The predicted molar refractivity (Wildman–Crippen MR) is 83.4 cm³/mol. The van der Waals surface area contributed by atoms with Crippen molar-refractivity contribution < 1.29 is 4.74 Å². The fourth-order valence-electron chi connectivity index (χ4n) is 2.37. The largest absolute Gasteiger partial charge is 0.493 e. The summed E-state index contributed by atoms with van der Waals surface area (Å²) < 4.78 is 5.70. The first-order valence-electron chi connectivity index (χ1n) is 7.19. The average molecular weight is 284 g/mol. The fraction of sp³-hybridized carbons (Fsp3) is 0.625. The Morgan fingerprint density at radius 1 is 1.21 bits per heavy atom. The van der Waals surface area contributed by atoms with Crippen LogP contribution in [-0.2, 0) is 6.42 Å². The van der Waals surface area contributed by atoms with Gasteiger partial charge in [0.1, 0.15) is 5.75 Å². The standard InChI is InChI=1S/C16H25NO.ClH/c1-13(2)12-18-16-8-6-14(7-9-16)11-15-5-3-4-10-17-15;/h6-9,13,15,17H,3-5,10-12H2,1-2H3;1H. The average Bonchev–Trinajstić information content (AvgIpc) is 2.39. The van der Waals surface area contributed by atoms with Crippen molar-refractivity contribution in [1.29, 1.82) is 0 Å². The number of rotatable bonds is 5. The van der Waals surface area contributed by atoms with Gasteiger partial charge in [-0.3, -0.25) is 0 Å². The van der Waals surface area contributed by atoms with E-state index < -0.39 is 0 Å². The normalized spacial score (nSPS) is 19.0. The SMILES string of the molecule is CC(C)COc1ccc(CC2CCCCN2)cc1.Cl. The summed E-state index contributed by atoms with van der Waals surface area (Å²) in [7, 11) is 0. The molecule has 1 aromatic carbocycles. The summed E-state index contributed by atoms with van der Waals surface area (Å²) in [6.07, 6.45) is 5.15. The Bertz CT molecular complexity index is 344. The van der Waals surface area contributed by atoms with Gasteiger partial charge in [-0.25, -0.2) is 0 Å². The Labute approximate surface area is 123 Å². The van der Waals surface area contributed by atoms with Gasteiger partial charge in [-0.15, -0.1) is 12.4 Å². The van der Waals surface area contributed by atoms with E-state index in [4.69, 9.17) is 4.74 Å². The molecule has 1 fully saturated rings. The maximum Gasteiger partial charge on any atom is 0.119 e. The third-order valence-corrected chi connectivity index (χ3v) is 3.40. The van der Waals surface area contributed by atoms with Crippen LogP contribution in [0.25, 0.3) is 0 Å². The van der Waals surface area contributed by atoms with Crippen molar-refractivity contribution in [1.82, 2.24) is 5.32 Å². The van der Waals surface area contributed by atoms with Crippen LogP contribution in [0.2, 0.25) is 0 Å². The molecule has 19 heavy (non-hydrogen) atoms. The summed E-state index contributed by atoms with van der Waals surface area (Å²) in [6, 6.07) is 9.26. The van der Waals surface area contributed by atoms with Crippen molar-refractivity contribution in [2.24, 2.45) is 5.92 Å². The van der Waals surface area contributed by atoms with Crippen LogP contribution in [0.15, 0.2) is 24.3 Å². The molecule has 3 heteroatoms. The molecule has 1 N–H and O–H groups in total. The zero-order valence-electron chi connectivity index (χ0n) is 12.0. The molecule has 1 atom stereocenters. The summed E-state index contributed by atoms with van der Waals surface area (Å²) in [4.78, 5) is 0. The number of hydrogen-bond donors (Lipinski definition) is 1. The van der Waals surface area contributed by atoms with Gasteiger partial charge < -0.3 is 10.1 Å². The summed E-state index contributed by atoms with van der Waals surface area (Å²) >= 11 is 0. The smallest absolute Gasteiger partial charge is 0.119 e. The third-order valence-electron chi connectivity index (χ3n) is 3.40. The van der Waals surface area contributed by atoms with Crippen LogP contribution in [0.5, 0.6) is 5.75 Å². The molecule has 0 amide bonds. The van der Waals surface area contributed by atoms with Crippen LogP contribution in [0.4, 0.5) is 0 Å². The van der Waals surface area contributed by atoms with Gasteiger partial charge in [0, 0.05) is 6.04 Å². The molecule has 2 nitrogen and oxygen atoms in total. The number of halogens is 1. The second-order valence-corrected chi connectivity index (χ2v) is 5.70. The molecule has 108 valence electrons. The lowest BCUT2D eigenvalue weighted by Crippen LogP contribution is -2.35. The highest BCUT2D eigenvalue weighted by Gasteiger charge is 2.12. The molecule has 1 saturated heterocycles. The lowest BCUT2D eigenvalue weighted by atomic mass is 9.98. The van der Waals surface area contributed by atoms with E-state index in [9.17, 15) is 0 Å². The van der Waals surface area contributed by atoms with E-state index in [-0.39, 0.29) is 12.4 Å². The van der Waals surface area contributed by atoms with Gasteiger partial charge in [0.25, 0.3) is 0 Å². The number of benzene rings is 1.